The summed E-state index contributed by atoms with van der Waals surface area (Å²) < 4.78 is 73.8. The molecule has 0 spiro atoms. The van der Waals surface area contributed by atoms with Gasteiger partial charge in [0.05, 0.1) is 24.3 Å². The Balaban J connectivity index is 2.14. The number of ether oxygens (including phenoxy) is 1. The zero-order valence-corrected chi connectivity index (χ0v) is 18.3. The number of benzene rings is 2. The van der Waals surface area contributed by atoms with Gasteiger partial charge in [0, 0.05) is 6.07 Å². The number of nitrogens with zero attached hydrogens (tertiary/aromatic N) is 2. The number of aromatic nitrogens is 1. The van der Waals surface area contributed by atoms with Crippen LogP contribution in [0.4, 0.5) is 19.0 Å². The molecule has 1 aromatic heterocycles. The van der Waals surface area contributed by atoms with Gasteiger partial charge in [-0.3, -0.25) is 0 Å². The third-order valence-electron chi connectivity index (χ3n) is 4.37. The van der Waals surface area contributed by atoms with E-state index in [1.807, 2.05) is 0 Å². The van der Waals surface area contributed by atoms with E-state index in [0.717, 1.165) is 28.2 Å². The van der Waals surface area contributed by atoms with E-state index in [1.54, 1.807) is 25.1 Å². The Morgan fingerprint density at radius 2 is 1.80 bits per heavy atom. The van der Waals surface area contributed by atoms with E-state index in [1.165, 1.54) is 13.2 Å². The van der Waals surface area contributed by atoms with Gasteiger partial charge in [0.15, 0.2) is 0 Å². The SMILES string of the molecule is COc1ccc(CN(c2ccc(F)cn2)S(=O)(=O)c2cc(Br)c(F)cc2F)c(C)c1. The van der Waals surface area contributed by atoms with Gasteiger partial charge >= 0.3 is 0 Å². The first-order chi connectivity index (χ1) is 14.1. The first-order valence-corrected chi connectivity index (χ1v) is 10.8. The Hall–Kier alpha value is -2.59. The van der Waals surface area contributed by atoms with Crippen molar-refractivity contribution >= 4 is 31.8 Å². The second-order valence-corrected chi connectivity index (χ2v) is 9.02. The molecule has 1 heterocycles. The lowest BCUT2D eigenvalue weighted by atomic mass is 10.1. The molecule has 2 aromatic carbocycles. The summed E-state index contributed by atoms with van der Waals surface area (Å²) in [5.74, 6) is -2.39. The Kier molecular flexibility index (Phi) is 6.37. The summed E-state index contributed by atoms with van der Waals surface area (Å²) >= 11 is 2.88. The number of anilines is 1. The van der Waals surface area contributed by atoms with E-state index in [9.17, 15) is 21.6 Å². The molecular formula is C20H16BrF3N2O3S. The second-order valence-electron chi connectivity index (χ2n) is 6.34. The van der Waals surface area contributed by atoms with Crippen molar-refractivity contribution in [1.29, 1.82) is 0 Å². The van der Waals surface area contributed by atoms with Crippen molar-refractivity contribution < 1.29 is 26.3 Å². The van der Waals surface area contributed by atoms with Gasteiger partial charge in [-0.1, -0.05) is 6.07 Å². The Bertz CT molecular complexity index is 1190. The van der Waals surface area contributed by atoms with Crippen molar-refractivity contribution in [3.63, 3.8) is 0 Å². The first-order valence-electron chi connectivity index (χ1n) is 8.56. The molecule has 3 rings (SSSR count). The summed E-state index contributed by atoms with van der Waals surface area (Å²) in [7, 11) is -3.02. The highest BCUT2D eigenvalue weighted by Crippen LogP contribution is 2.30. The van der Waals surface area contributed by atoms with Gasteiger partial charge in [0.1, 0.15) is 33.9 Å². The van der Waals surface area contributed by atoms with Gasteiger partial charge < -0.3 is 4.74 Å². The maximum atomic E-state index is 14.4. The van der Waals surface area contributed by atoms with Crippen LogP contribution in [0.25, 0.3) is 0 Å². The lowest BCUT2D eigenvalue weighted by Crippen LogP contribution is -2.32. The standard InChI is InChI=1S/C20H16BrF3N2O3S/c1-12-7-15(29-2)5-3-13(12)11-26(20-6-4-14(22)10-25-20)30(27,28)19-8-16(21)17(23)9-18(19)24/h3-10H,11H2,1-2H3. The molecule has 0 bridgehead atoms. The van der Waals surface area contributed by atoms with E-state index in [2.05, 4.69) is 20.9 Å². The summed E-state index contributed by atoms with van der Waals surface area (Å²) in [6.45, 7) is 1.54. The number of methoxy groups -OCH3 is 1. The molecule has 0 fully saturated rings. The van der Waals surface area contributed by atoms with Crippen LogP contribution in [0, 0.1) is 24.4 Å². The van der Waals surface area contributed by atoms with Gasteiger partial charge in [-0.25, -0.2) is 30.9 Å². The highest BCUT2D eigenvalue weighted by atomic mass is 79.9. The molecule has 158 valence electrons. The molecule has 0 N–H and O–H groups in total. The van der Waals surface area contributed by atoms with Crippen LogP contribution < -0.4 is 9.04 Å². The minimum atomic E-state index is -4.52. The number of aryl methyl sites for hydroxylation is 1. The van der Waals surface area contributed by atoms with Crippen molar-refractivity contribution in [2.45, 2.75) is 18.4 Å². The number of halogens is 4. The van der Waals surface area contributed by atoms with E-state index in [4.69, 9.17) is 4.74 Å². The minimum Gasteiger partial charge on any atom is -0.497 e. The van der Waals surface area contributed by atoms with Crippen molar-refractivity contribution in [1.82, 2.24) is 4.98 Å². The Morgan fingerprint density at radius 1 is 1.07 bits per heavy atom. The molecule has 0 aliphatic heterocycles. The highest BCUT2D eigenvalue weighted by Gasteiger charge is 2.30. The van der Waals surface area contributed by atoms with Gasteiger partial charge in [0.2, 0.25) is 0 Å². The van der Waals surface area contributed by atoms with Crippen molar-refractivity contribution in [3.05, 3.63) is 81.7 Å². The van der Waals surface area contributed by atoms with Crippen LogP contribution in [0.1, 0.15) is 11.1 Å². The maximum absolute atomic E-state index is 14.4. The average Bonchev–Trinajstić information content (AvgIpc) is 2.70. The molecule has 30 heavy (non-hydrogen) atoms. The lowest BCUT2D eigenvalue weighted by molar-refractivity contribution is 0.414. The molecule has 0 radical (unpaired) electrons. The predicted octanol–water partition coefficient (Wildman–Crippen LogP) is 4.97. The van der Waals surface area contributed by atoms with Gasteiger partial charge in [-0.15, -0.1) is 0 Å². The molecule has 0 atom stereocenters. The number of sulfonamides is 1. The third kappa shape index (κ3) is 4.44. The summed E-state index contributed by atoms with van der Waals surface area (Å²) in [6.07, 6.45) is 0.857. The molecule has 0 unspecified atom stereocenters. The molecule has 0 saturated heterocycles. The van der Waals surface area contributed by atoms with Gasteiger partial charge in [-0.2, -0.15) is 0 Å². The van der Waals surface area contributed by atoms with E-state index in [-0.39, 0.29) is 16.8 Å². The van der Waals surface area contributed by atoms with Crippen LogP contribution in [0.3, 0.4) is 0 Å². The molecule has 10 heteroatoms. The summed E-state index contributed by atoms with van der Waals surface area (Å²) in [5, 5.41) is 0. The van der Waals surface area contributed by atoms with Gasteiger partial charge in [-0.05, 0) is 64.3 Å². The Labute approximate surface area is 180 Å². The molecule has 0 saturated carbocycles. The van der Waals surface area contributed by atoms with Crippen LogP contribution in [-0.4, -0.2) is 20.5 Å². The lowest BCUT2D eigenvalue weighted by Gasteiger charge is -2.25. The predicted molar refractivity (Wildman–Crippen MR) is 109 cm³/mol. The van der Waals surface area contributed by atoms with Gasteiger partial charge in [0.25, 0.3) is 10.0 Å². The van der Waals surface area contributed by atoms with E-state index < -0.39 is 32.4 Å². The number of hydrogen-bond donors (Lipinski definition) is 0. The fourth-order valence-electron chi connectivity index (χ4n) is 2.75. The normalized spacial score (nSPS) is 11.4. The van der Waals surface area contributed by atoms with Crippen LogP contribution in [0.5, 0.6) is 5.75 Å². The zero-order chi connectivity index (χ0) is 22.1. The fraction of sp³-hybridized carbons (Fsp3) is 0.150. The van der Waals surface area contributed by atoms with E-state index >= 15 is 0 Å². The van der Waals surface area contributed by atoms with Crippen LogP contribution in [0.2, 0.25) is 0 Å². The minimum absolute atomic E-state index is 0.119. The van der Waals surface area contributed by atoms with Crippen molar-refractivity contribution in [2.75, 3.05) is 11.4 Å². The molecule has 3 aromatic rings. The molecule has 0 aliphatic rings. The molecular weight excluding hydrogens is 485 g/mol. The van der Waals surface area contributed by atoms with Crippen molar-refractivity contribution in [2.24, 2.45) is 0 Å². The fourth-order valence-corrected chi connectivity index (χ4v) is 4.72. The summed E-state index contributed by atoms with van der Waals surface area (Å²) in [6, 6.07) is 8.57. The topological polar surface area (TPSA) is 59.5 Å². The van der Waals surface area contributed by atoms with Crippen molar-refractivity contribution in [3.8, 4) is 5.75 Å². The quantitative estimate of drug-likeness (QED) is 0.448. The summed E-state index contributed by atoms with van der Waals surface area (Å²) in [4.78, 5) is 3.10. The summed E-state index contributed by atoms with van der Waals surface area (Å²) in [5.41, 5.74) is 1.31. The monoisotopic (exact) mass is 500 g/mol. The number of rotatable bonds is 6. The van der Waals surface area contributed by atoms with Crippen LogP contribution in [-0.2, 0) is 16.6 Å². The number of hydrogen-bond acceptors (Lipinski definition) is 4. The molecule has 0 amide bonds. The highest BCUT2D eigenvalue weighted by molar-refractivity contribution is 9.10. The maximum Gasteiger partial charge on any atom is 0.268 e. The van der Waals surface area contributed by atoms with Crippen LogP contribution >= 0.6 is 15.9 Å². The average molecular weight is 501 g/mol. The molecule has 5 nitrogen and oxygen atoms in total. The first kappa shape index (κ1) is 22.1. The van der Waals surface area contributed by atoms with E-state index in [0.29, 0.717) is 17.4 Å². The zero-order valence-electron chi connectivity index (χ0n) is 15.9. The largest absolute Gasteiger partial charge is 0.497 e. The second kappa shape index (κ2) is 8.65. The van der Waals surface area contributed by atoms with Crippen LogP contribution in [0.15, 0.2) is 58.0 Å². The smallest absolute Gasteiger partial charge is 0.268 e. The Morgan fingerprint density at radius 3 is 2.40 bits per heavy atom. The number of pyridine rings is 1. The third-order valence-corrected chi connectivity index (χ3v) is 6.75. The molecule has 0 aliphatic carbocycles.